The van der Waals surface area contributed by atoms with E-state index >= 15 is 0 Å². The van der Waals surface area contributed by atoms with Gasteiger partial charge in [0.2, 0.25) is 0 Å². The monoisotopic (exact) mass is 289 g/mol. The molecule has 0 bridgehead atoms. The average Bonchev–Trinajstić information content (AvgIpc) is 2.77. The molecular formula is C15H15NO5. The number of hydrogen-bond donors (Lipinski definition) is 0. The minimum Gasteiger partial charge on any atom is -0.330 e. The van der Waals surface area contributed by atoms with E-state index in [0.29, 0.717) is 10.6 Å². The van der Waals surface area contributed by atoms with Crippen LogP contribution in [0.15, 0.2) is 24.3 Å². The van der Waals surface area contributed by atoms with Crippen molar-refractivity contribution in [1.82, 2.24) is 5.06 Å². The molecule has 1 aromatic rings. The van der Waals surface area contributed by atoms with Gasteiger partial charge < -0.3 is 4.84 Å². The first kappa shape index (κ1) is 14.9. The normalized spacial score (nSPS) is 14.4. The zero-order valence-electron chi connectivity index (χ0n) is 11.6. The van der Waals surface area contributed by atoms with Gasteiger partial charge in [0.1, 0.15) is 0 Å². The number of carbonyl (C=O) groups excluding carboxylic acids is 4. The van der Waals surface area contributed by atoms with E-state index in [9.17, 15) is 19.2 Å². The number of nitrogens with zero attached hydrogens (tertiary/aromatic N) is 1. The minimum absolute atomic E-state index is 0.0296. The van der Waals surface area contributed by atoms with E-state index in [1.807, 2.05) is 19.1 Å². The van der Waals surface area contributed by atoms with Gasteiger partial charge in [-0.3, -0.25) is 14.4 Å². The van der Waals surface area contributed by atoms with Crippen molar-refractivity contribution in [2.75, 3.05) is 0 Å². The van der Waals surface area contributed by atoms with Crippen LogP contribution in [0, 0.1) is 6.92 Å². The van der Waals surface area contributed by atoms with E-state index < -0.39 is 17.8 Å². The Labute approximate surface area is 121 Å². The Morgan fingerprint density at radius 3 is 2.19 bits per heavy atom. The fraction of sp³-hybridized carbons (Fsp3) is 0.333. The fourth-order valence-corrected chi connectivity index (χ4v) is 1.90. The van der Waals surface area contributed by atoms with Crippen molar-refractivity contribution in [3.63, 3.8) is 0 Å². The number of carbonyl (C=O) groups is 4. The Morgan fingerprint density at radius 2 is 1.62 bits per heavy atom. The van der Waals surface area contributed by atoms with Crippen molar-refractivity contribution >= 4 is 23.6 Å². The van der Waals surface area contributed by atoms with Crippen molar-refractivity contribution < 1.29 is 24.0 Å². The predicted molar refractivity (Wildman–Crippen MR) is 71.9 cm³/mol. The largest absolute Gasteiger partial charge is 0.333 e. The molecule has 0 unspecified atom stereocenters. The zero-order valence-corrected chi connectivity index (χ0v) is 11.6. The highest BCUT2D eigenvalue weighted by molar-refractivity contribution is 6.02. The number of Topliss-reactive ketones (excluding diaryl/α,β-unsaturated/α-hetero) is 1. The molecule has 2 amide bonds. The molecule has 1 fully saturated rings. The molecular weight excluding hydrogens is 274 g/mol. The number of benzene rings is 1. The van der Waals surface area contributed by atoms with Crippen LogP contribution in [-0.2, 0) is 19.2 Å². The molecule has 0 N–H and O–H groups in total. The van der Waals surface area contributed by atoms with Crippen molar-refractivity contribution in [2.45, 2.75) is 32.6 Å². The van der Waals surface area contributed by atoms with Crippen LogP contribution in [0.1, 0.15) is 41.6 Å². The van der Waals surface area contributed by atoms with Crippen molar-refractivity contribution in [1.29, 1.82) is 0 Å². The third-order valence-electron chi connectivity index (χ3n) is 3.13. The van der Waals surface area contributed by atoms with Crippen LogP contribution in [-0.4, -0.2) is 28.6 Å². The van der Waals surface area contributed by atoms with Crippen molar-refractivity contribution in [2.24, 2.45) is 0 Å². The third kappa shape index (κ3) is 3.75. The summed E-state index contributed by atoms with van der Waals surface area (Å²) in [5.41, 5.74) is 1.55. The van der Waals surface area contributed by atoms with E-state index in [0.717, 1.165) is 5.56 Å². The standard InChI is InChI=1S/C15H15NO5/c1-10-2-4-11(5-3-10)12(17)6-9-15(20)21-16-13(18)7-8-14(16)19/h2-5H,6-9H2,1H3. The Balaban J connectivity index is 1.83. The summed E-state index contributed by atoms with van der Waals surface area (Å²) in [6, 6.07) is 7.01. The second-order valence-electron chi connectivity index (χ2n) is 4.83. The molecule has 6 nitrogen and oxygen atoms in total. The quantitative estimate of drug-likeness (QED) is 0.607. The maximum atomic E-state index is 11.9. The lowest BCUT2D eigenvalue weighted by Crippen LogP contribution is -2.32. The number of aryl methyl sites for hydroxylation is 1. The van der Waals surface area contributed by atoms with E-state index in [-0.39, 0.29) is 31.5 Å². The van der Waals surface area contributed by atoms with Gasteiger partial charge in [-0.25, -0.2) is 4.79 Å². The molecule has 0 atom stereocenters. The number of ketones is 1. The Kier molecular flexibility index (Phi) is 4.47. The summed E-state index contributed by atoms with van der Waals surface area (Å²) in [4.78, 5) is 50.7. The summed E-state index contributed by atoms with van der Waals surface area (Å²) in [6.45, 7) is 1.91. The van der Waals surface area contributed by atoms with Crippen molar-refractivity contribution in [3.8, 4) is 0 Å². The van der Waals surface area contributed by atoms with E-state index in [4.69, 9.17) is 0 Å². The SMILES string of the molecule is Cc1ccc(C(=O)CCC(=O)ON2C(=O)CCC2=O)cc1. The summed E-state index contributed by atoms with van der Waals surface area (Å²) in [6.07, 6.45) is -0.106. The van der Waals surface area contributed by atoms with Crippen LogP contribution in [0.25, 0.3) is 0 Å². The first-order valence-electron chi connectivity index (χ1n) is 6.64. The summed E-state index contributed by atoms with van der Waals surface area (Å²) in [5, 5.41) is 0.485. The van der Waals surface area contributed by atoms with E-state index in [1.54, 1.807) is 12.1 Å². The molecule has 0 radical (unpaired) electrons. The van der Waals surface area contributed by atoms with Gasteiger partial charge in [0, 0.05) is 24.8 Å². The number of rotatable bonds is 5. The molecule has 1 aliphatic rings. The van der Waals surface area contributed by atoms with Crippen LogP contribution in [0.5, 0.6) is 0 Å². The molecule has 0 aromatic heterocycles. The minimum atomic E-state index is -0.765. The second-order valence-corrected chi connectivity index (χ2v) is 4.83. The first-order valence-corrected chi connectivity index (χ1v) is 6.64. The third-order valence-corrected chi connectivity index (χ3v) is 3.13. The smallest absolute Gasteiger partial charge is 0.330 e. The maximum absolute atomic E-state index is 11.9. The summed E-state index contributed by atoms with van der Waals surface area (Å²) >= 11 is 0. The second kappa shape index (κ2) is 6.30. The molecule has 2 rings (SSSR count). The molecule has 6 heteroatoms. The van der Waals surface area contributed by atoms with Crippen LogP contribution in [0.4, 0.5) is 0 Å². The lowest BCUT2D eigenvalue weighted by atomic mass is 10.1. The molecule has 1 saturated heterocycles. The Bertz CT molecular complexity index is 575. The number of hydroxylamine groups is 2. The molecule has 1 heterocycles. The number of imide groups is 1. The average molecular weight is 289 g/mol. The summed E-state index contributed by atoms with van der Waals surface area (Å²) in [5.74, 6) is -2.01. The summed E-state index contributed by atoms with van der Waals surface area (Å²) < 4.78 is 0. The van der Waals surface area contributed by atoms with Crippen molar-refractivity contribution in [3.05, 3.63) is 35.4 Å². The zero-order chi connectivity index (χ0) is 15.4. The molecule has 0 spiro atoms. The van der Waals surface area contributed by atoms with Crippen LogP contribution >= 0.6 is 0 Å². The Morgan fingerprint density at radius 1 is 1.05 bits per heavy atom. The van der Waals surface area contributed by atoms with Gasteiger partial charge in [-0.05, 0) is 6.92 Å². The van der Waals surface area contributed by atoms with Gasteiger partial charge in [0.05, 0.1) is 6.42 Å². The lowest BCUT2D eigenvalue weighted by molar-refractivity contribution is -0.197. The van der Waals surface area contributed by atoms with Gasteiger partial charge in [-0.1, -0.05) is 29.8 Å². The Hall–Kier alpha value is -2.50. The molecule has 0 saturated carbocycles. The molecule has 21 heavy (non-hydrogen) atoms. The number of hydrogen-bond acceptors (Lipinski definition) is 5. The van der Waals surface area contributed by atoms with Crippen LogP contribution < -0.4 is 0 Å². The van der Waals surface area contributed by atoms with E-state index in [2.05, 4.69) is 4.84 Å². The predicted octanol–water partition coefficient (Wildman–Crippen LogP) is 1.57. The maximum Gasteiger partial charge on any atom is 0.333 e. The summed E-state index contributed by atoms with van der Waals surface area (Å²) in [7, 11) is 0. The van der Waals surface area contributed by atoms with Gasteiger partial charge in [-0.15, -0.1) is 5.06 Å². The lowest BCUT2D eigenvalue weighted by Gasteiger charge is -2.12. The number of amides is 2. The van der Waals surface area contributed by atoms with Crippen LogP contribution in [0.2, 0.25) is 0 Å². The molecule has 1 aliphatic heterocycles. The molecule has 110 valence electrons. The van der Waals surface area contributed by atoms with E-state index in [1.165, 1.54) is 0 Å². The highest BCUT2D eigenvalue weighted by Crippen LogP contribution is 2.14. The topological polar surface area (TPSA) is 80.8 Å². The van der Waals surface area contributed by atoms with Crippen LogP contribution in [0.3, 0.4) is 0 Å². The highest BCUT2D eigenvalue weighted by atomic mass is 16.7. The molecule has 1 aromatic carbocycles. The van der Waals surface area contributed by atoms with Gasteiger partial charge in [-0.2, -0.15) is 0 Å². The highest BCUT2D eigenvalue weighted by Gasteiger charge is 2.32. The fourth-order valence-electron chi connectivity index (χ4n) is 1.90. The first-order chi connectivity index (χ1) is 9.97. The van der Waals surface area contributed by atoms with Gasteiger partial charge in [0.25, 0.3) is 11.8 Å². The van der Waals surface area contributed by atoms with Gasteiger partial charge >= 0.3 is 5.97 Å². The molecule has 0 aliphatic carbocycles. The van der Waals surface area contributed by atoms with Gasteiger partial charge in [0.15, 0.2) is 5.78 Å².